The Morgan fingerprint density at radius 2 is 1.81 bits per heavy atom. The number of nitriles is 1. The molecule has 0 N–H and O–H groups in total. The predicted octanol–water partition coefficient (Wildman–Crippen LogP) is 4.17. The predicted molar refractivity (Wildman–Crippen MR) is 88.7 cm³/mol. The van der Waals surface area contributed by atoms with Crippen molar-refractivity contribution in [1.82, 2.24) is 0 Å². The first-order chi connectivity index (χ1) is 12.4. The van der Waals surface area contributed by atoms with Gasteiger partial charge in [-0.25, -0.2) is 13.2 Å². The van der Waals surface area contributed by atoms with Gasteiger partial charge < -0.3 is 9.64 Å². The maximum absolute atomic E-state index is 13.1. The lowest BCUT2D eigenvalue weighted by atomic mass is 10.1. The lowest BCUT2D eigenvalue weighted by Crippen LogP contribution is -2.31. The second kappa shape index (κ2) is 7.08. The number of ether oxygens (including phenoxy) is 1. The van der Waals surface area contributed by atoms with Crippen molar-refractivity contribution in [3.63, 3.8) is 0 Å². The number of carbonyl (C=O) groups excluding carboxylic acids is 1. The molecule has 0 heterocycles. The molecule has 1 aliphatic rings. The molecule has 1 atom stereocenters. The van der Waals surface area contributed by atoms with Crippen LogP contribution in [-0.4, -0.2) is 24.5 Å². The molecule has 1 saturated carbocycles. The molecule has 4 nitrogen and oxygen atoms in total. The number of alkyl halides is 2. The second-order valence-electron chi connectivity index (χ2n) is 5.94. The van der Waals surface area contributed by atoms with Gasteiger partial charge in [-0.3, -0.25) is 4.79 Å². The molecule has 0 spiro atoms. The first-order valence-electron chi connectivity index (χ1n) is 7.99. The SMILES string of the molecule is N#CCCN(C(=O)c1ccc(OC2CC2(F)F)cc1)c1ccc(F)cc1. The topological polar surface area (TPSA) is 53.3 Å². The first kappa shape index (κ1) is 17.8. The quantitative estimate of drug-likeness (QED) is 0.777. The van der Waals surface area contributed by atoms with Crippen LogP contribution in [0.5, 0.6) is 5.75 Å². The third-order valence-electron chi connectivity index (χ3n) is 3.98. The largest absolute Gasteiger partial charge is 0.484 e. The minimum atomic E-state index is -2.79. The van der Waals surface area contributed by atoms with Crippen LogP contribution >= 0.6 is 0 Å². The number of hydrogen-bond acceptors (Lipinski definition) is 3. The van der Waals surface area contributed by atoms with Gasteiger partial charge in [-0.1, -0.05) is 0 Å². The zero-order chi connectivity index (χ0) is 18.7. The Balaban J connectivity index is 1.75. The highest BCUT2D eigenvalue weighted by molar-refractivity contribution is 6.06. The number of amides is 1. The van der Waals surface area contributed by atoms with Crippen LogP contribution in [0.2, 0.25) is 0 Å². The van der Waals surface area contributed by atoms with E-state index in [-0.39, 0.29) is 31.0 Å². The molecule has 134 valence electrons. The number of hydrogen-bond donors (Lipinski definition) is 0. The van der Waals surface area contributed by atoms with Crippen molar-refractivity contribution in [2.24, 2.45) is 0 Å². The van der Waals surface area contributed by atoms with E-state index in [0.29, 0.717) is 11.3 Å². The van der Waals surface area contributed by atoms with Crippen molar-refractivity contribution in [1.29, 1.82) is 5.26 Å². The first-order valence-corrected chi connectivity index (χ1v) is 7.99. The lowest BCUT2D eigenvalue weighted by Gasteiger charge is -2.22. The Morgan fingerprint density at radius 3 is 2.35 bits per heavy atom. The summed E-state index contributed by atoms with van der Waals surface area (Å²) in [7, 11) is 0. The molecule has 2 aromatic rings. The van der Waals surface area contributed by atoms with Gasteiger partial charge in [0.15, 0.2) is 6.10 Å². The third-order valence-corrected chi connectivity index (χ3v) is 3.98. The smallest absolute Gasteiger partial charge is 0.288 e. The fourth-order valence-electron chi connectivity index (χ4n) is 2.44. The summed E-state index contributed by atoms with van der Waals surface area (Å²) >= 11 is 0. The van der Waals surface area contributed by atoms with Crippen LogP contribution < -0.4 is 9.64 Å². The average Bonchev–Trinajstić information content (AvgIpc) is 3.23. The Morgan fingerprint density at radius 1 is 1.19 bits per heavy atom. The lowest BCUT2D eigenvalue weighted by molar-refractivity contribution is 0.0665. The van der Waals surface area contributed by atoms with Gasteiger partial charge in [0.05, 0.1) is 18.9 Å². The van der Waals surface area contributed by atoms with Crippen LogP contribution in [0.3, 0.4) is 0 Å². The molecule has 1 amide bonds. The highest BCUT2D eigenvalue weighted by Crippen LogP contribution is 2.44. The van der Waals surface area contributed by atoms with Crippen LogP contribution in [-0.2, 0) is 0 Å². The molecular formula is C19H15F3N2O2. The van der Waals surface area contributed by atoms with Crippen molar-refractivity contribution in [2.45, 2.75) is 24.9 Å². The van der Waals surface area contributed by atoms with E-state index in [4.69, 9.17) is 10.00 Å². The minimum absolute atomic E-state index is 0.112. The molecule has 3 rings (SSSR count). The summed E-state index contributed by atoms with van der Waals surface area (Å²) in [5.74, 6) is -3.34. The van der Waals surface area contributed by atoms with Crippen LogP contribution in [0.1, 0.15) is 23.2 Å². The Kier molecular flexibility index (Phi) is 4.85. The summed E-state index contributed by atoms with van der Waals surface area (Å²) in [6.07, 6.45) is -1.31. The fourth-order valence-corrected chi connectivity index (χ4v) is 2.44. The summed E-state index contributed by atoms with van der Waals surface area (Å²) in [6, 6.07) is 13.2. The molecular weight excluding hydrogens is 345 g/mol. The van der Waals surface area contributed by atoms with Gasteiger partial charge in [0, 0.05) is 17.8 Å². The van der Waals surface area contributed by atoms with E-state index in [0.717, 1.165) is 0 Å². The number of anilines is 1. The molecule has 0 saturated heterocycles. The number of benzene rings is 2. The van der Waals surface area contributed by atoms with E-state index in [1.807, 2.05) is 6.07 Å². The van der Waals surface area contributed by atoms with Gasteiger partial charge in [-0.2, -0.15) is 5.26 Å². The number of carbonyl (C=O) groups is 1. The van der Waals surface area contributed by atoms with Gasteiger partial charge in [0.1, 0.15) is 11.6 Å². The monoisotopic (exact) mass is 360 g/mol. The van der Waals surface area contributed by atoms with E-state index >= 15 is 0 Å². The van der Waals surface area contributed by atoms with Gasteiger partial charge >= 0.3 is 0 Å². The van der Waals surface area contributed by atoms with E-state index < -0.39 is 17.8 Å². The molecule has 1 unspecified atom stereocenters. The normalized spacial score (nSPS) is 17.2. The van der Waals surface area contributed by atoms with Gasteiger partial charge in [-0.15, -0.1) is 0 Å². The molecule has 7 heteroatoms. The van der Waals surface area contributed by atoms with Crippen LogP contribution in [0.15, 0.2) is 48.5 Å². The summed E-state index contributed by atoms with van der Waals surface area (Å²) in [6.45, 7) is 0.146. The van der Waals surface area contributed by atoms with E-state index in [2.05, 4.69) is 0 Å². The van der Waals surface area contributed by atoms with Crippen LogP contribution in [0.4, 0.5) is 18.9 Å². The molecule has 0 aliphatic heterocycles. The van der Waals surface area contributed by atoms with E-state index in [1.165, 1.54) is 53.4 Å². The van der Waals surface area contributed by atoms with Crippen LogP contribution in [0.25, 0.3) is 0 Å². The number of nitrogens with zero attached hydrogens (tertiary/aromatic N) is 2. The second-order valence-corrected chi connectivity index (χ2v) is 5.94. The highest BCUT2D eigenvalue weighted by Gasteiger charge is 2.59. The molecule has 1 aliphatic carbocycles. The summed E-state index contributed by atoms with van der Waals surface area (Å²) < 4.78 is 44.0. The van der Waals surface area contributed by atoms with E-state index in [1.54, 1.807) is 0 Å². The van der Waals surface area contributed by atoms with Crippen molar-refractivity contribution in [3.8, 4) is 11.8 Å². The molecule has 1 fully saturated rings. The zero-order valence-corrected chi connectivity index (χ0v) is 13.7. The van der Waals surface area contributed by atoms with Crippen molar-refractivity contribution in [2.75, 3.05) is 11.4 Å². The maximum Gasteiger partial charge on any atom is 0.288 e. The van der Waals surface area contributed by atoms with Gasteiger partial charge in [0.25, 0.3) is 11.8 Å². The molecule has 0 radical (unpaired) electrons. The fraction of sp³-hybridized carbons (Fsp3) is 0.263. The summed E-state index contributed by atoms with van der Waals surface area (Å²) in [5.41, 5.74) is 0.770. The average molecular weight is 360 g/mol. The van der Waals surface area contributed by atoms with E-state index in [9.17, 15) is 18.0 Å². The van der Waals surface area contributed by atoms with Gasteiger partial charge in [-0.05, 0) is 48.5 Å². The molecule has 2 aromatic carbocycles. The highest BCUT2D eigenvalue weighted by atomic mass is 19.3. The maximum atomic E-state index is 13.1. The van der Waals surface area contributed by atoms with Crippen molar-refractivity contribution in [3.05, 3.63) is 59.9 Å². The number of halogens is 3. The van der Waals surface area contributed by atoms with Crippen molar-refractivity contribution >= 4 is 11.6 Å². The van der Waals surface area contributed by atoms with Gasteiger partial charge in [0.2, 0.25) is 0 Å². The number of rotatable bonds is 6. The summed E-state index contributed by atoms with van der Waals surface area (Å²) in [5, 5.41) is 8.80. The Hall–Kier alpha value is -3.01. The molecule has 0 bridgehead atoms. The Bertz CT molecular complexity index is 829. The van der Waals surface area contributed by atoms with Crippen LogP contribution in [0, 0.1) is 17.1 Å². The molecule has 26 heavy (non-hydrogen) atoms. The van der Waals surface area contributed by atoms with Crippen molar-refractivity contribution < 1.29 is 22.7 Å². The third kappa shape index (κ3) is 3.97. The summed E-state index contributed by atoms with van der Waals surface area (Å²) in [4.78, 5) is 14.1. The minimum Gasteiger partial charge on any atom is -0.484 e. The molecule has 0 aromatic heterocycles. The zero-order valence-electron chi connectivity index (χ0n) is 13.7. The standard InChI is InChI=1S/C19H15F3N2O2/c20-14-4-6-15(7-5-14)24(11-1-10-23)18(25)13-2-8-16(9-3-13)26-17-12-19(17,21)22/h2-9,17H,1,11-12H2. The Labute approximate surface area is 148 Å².